The normalized spacial score (nSPS) is 27.0. The molecule has 0 aliphatic carbocycles. The van der Waals surface area contributed by atoms with Gasteiger partial charge in [0.1, 0.15) is 0 Å². The first-order chi connectivity index (χ1) is 6.18. The lowest BCUT2D eigenvalue weighted by Gasteiger charge is -2.28. The van der Waals surface area contributed by atoms with Gasteiger partial charge in [-0.25, -0.2) is 0 Å². The molecule has 0 unspecified atom stereocenters. The molecule has 13 heavy (non-hydrogen) atoms. The summed E-state index contributed by atoms with van der Waals surface area (Å²) in [6, 6.07) is 6.41. The molecule has 1 aromatic rings. The van der Waals surface area contributed by atoms with Crippen molar-refractivity contribution in [2.24, 2.45) is 5.73 Å². The number of aryl methyl sites for hydroxylation is 1. The lowest BCUT2D eigenvalue weighted by molar-refractivity contribution is 0.0213. The van der Waals surface area contributed by atoms with Crippen LogP contribution in [0.25, 0.3) is 0 Å². The Morgan fingerprint density at radius 1 is 1.46 bits per heavy atom. The Morgan fingerprint density at radius 2 is 2.23 bits per heavy atom. The van der Waals surface area contributed by atoms with E-state index in [4.69, 9.17) is 10.5 Å². The van der Waals surface area contributed by atoms with Crippen molar-refractivity contribution in [3.8, 4) is 0 Å². The predicted octanol–water partition coefficient (Wildman–Crippen LogP) is 1.91. The summed E-state index contributed by atoms with van der Waals surface area (Å²) in [6.07, 6.45) is 0.134. The minimum atomic E-state index is 0.0318. The predicted molar refractivity (Wildman–Crippen MR) is 52.4 cm³/mol. The minimum absolute atomic E-state index is 0.0318. The van der Waals surface area contributed by atoms with Crippen molar-refractivity contribution >= 4 is 0 Å². The van der Waals surface area contributed by atoms with Crippen LogP contribution in [0.15, 0.2) is 18.2 Å². The first kappa shape index (κ1) is 8.73. The lowest BCUT2D eigenvalue weighted by Crippen LogP contribution is -2.31. The first-order valence-corrected chi connectivity index (χ1v) is 4.65. The van der Waals surface area contributed by atoms with Gasteiger partial charge in [0.25, 0.3) is 0 Å². The fourth-order valence-electron chi connectivity index (χ4n) is 1.76. The van der Waals surface area contributed by atoms with Crippen molar-refractivity contribution in [3.63, 3.8) is 0 Å². The van der Waals surface area contributed by atoms with Gasteiger partial charge >= 0.3 is 0 Å². The molecule has 0 saturated carbocycles. The maximum atomic E-state index is 6.01. The summed E-state index contributed by atoms with van der Waals surface area (Å²) < 4.78 is 5.55. The van der Waals surface area contributed by atoms with E-state index in [1.165, 1.54) is 16.7 Å². The molecule has 0 spiro atoms. The maximum Gasteiger partial charge on any atom is 0.0744 e. The monoisotopic (exact) mass is 177 g/mol. The van der Waals surface area contributed by atoms with E-state index in [0.717, 1.165) is 0 Å². The Kier molecular flexibility index (Phi) is 2.10. The summed E-state index contributed by atoms with van der Waals surface area (Å²) >= 11 is 0. The van der Waals surface area contributed by atoms with Crippen LogP contribution >= 0.6 is 0 Å². The molecular weight excluding hydrogens is 162 g/mol. The molecule has 0 bridgehead atoms. The van der Waals surface area contributed by atoms with Crippen LogP contribution in [0.1, 0.15) is 29.7 Å². The smallest absolute Gasteiger partial charge is 0.0744 e. The summed E-state index contributed by atoms with van der Waals surface area (Å²) in [4.78, 5) is 0. The molecule has 0 radical (unpaired) electrons. The summed E-state index contributed by atoms with van der Waals surface area (Å²) in [7, 11) is 0. The van der Waals surface area contributed by atoms with Gasteiger partial charge in [-0.2, -0.15) is 0 Å². The second-order valence-corrected chi connectivity index (χ2v) is 3.74. The van der Waals surface area contributed by atoms with Crippen LogP contribution in [-0.2, 0) is 11.3 Å². The number of hydrogen-bond donors (Lipinski definition) is 1. The van der Waals surface area contributed by atoms with E-state index < -0.39 is 0 Å². The Labute approximate surface area is 78.7 Å². The highest BCUT2D eigenvalue weighted by Crippen LogP contribution is 2.27. The van der Waals surface area contributed by atoms with Crippen molar-refractivity contribution in [2.45, 2.75) is 32.6 Å². The Hall–Kier alpha value is -0.860. The van der Waals surface area contributed by atoms with Gasteiger partial charge in [0.05, 0.1) is 18.8 Å². The molecule has 1 heterocycles. The van der Waals surface area contributed by atoms with Gasteiger partial charge in [-0.15, -0.1) is 0 Å². The third kappa shape index (κ3) is 1.47. The van der Waals surface area contributed by atoms with Crippen molar-refractivity contribution < 1.29 is 4.74 Å². The van der Waals surface area contributed by atoms with Crippen LogP contribution in [0, 0.1) is 6.92 Å². The fraction of sp³-hybridized carbons (Fsp3) is 0.455. The van der Waals surface area contributed by atoms with Gasteiger partial charge < -0.3 is 10.5 Å². The molecule has 0 aromatic heterocycles. The lowest BCUT2D eigenvalue weighted by atomic mass is 9.94. The zero-order valence-corrected chi connectivity index (χ0v) is 8.08. The van der Waals surface area contributed by atoms with Gasteiger partial charge in [-0.3, -0.25) is 0 Å². The number of rotatable bonds is 0. The minimum Gasteiger partial charge on any atom is -0.372 e. The van der Waals surface area contributed by atoms with Gasteiger partial charge in [0.15, 0.2) is 0 Å². The van der Waals surface area contributed by atoms with Crippen LogP contribution < -0.4 is 5.73 Å². The number of nitrogens with two attached hydrogens (primary N) is 1. The van der Waals surface area contributed by atoms with Crippen LogP contribution in [0.2, 0.25) is 0 Å². The highest BCUT2D eigenvalue weighted by molar-refractivity contribution is 5.35. The molecule has 1 aliphatic rings. The second kappa shape index (κ2) is 3.13. The number of fused-ring (bicyclic) bond motifs is 1. The highest BCUT2D eigenvalue weighted by atomic mass is 16.5. The van der Waals surface area contributed by atoms with Gasteiger partial charge in [0, 0.05) is 0 Å². The summed E-state index contributed by atoms with van der Waals surface area (Å²) in [5.41, 5.74) is 9.76. The third-order valence-electron chi connectivity index (χ3n) is 2.67. The molecular formula is C11H15NO. The topological polar surface area (TPSA) is 35.2 Å². The van der Waals surface area contributed by atoms with Crippen LogP contribution in [0.3, 0.4) is 0 Å². The van der Waals surface area contributed by atoms with E-state index in [-0.39, 0.29) is 12.1 Å². The SMILES string of the molecule is Cc1ccc2c(c1)CO[C@@H](C)[C@H]2N. The molecule has 2 N–H and O–H groups in total. The van der Waals surface area contributed by atoms with E-state index in [1.54, 1.807) is 0 Å². The van der Waals surface area contributed by atoms with Crippen molar-refractivity contribution in [1.82, 2.24) is 0 Å². The summed E-state index contributed by atoms with van der Waals surface area (Å²) in [5.74, 6) is 0. The molecule has 2 heteroatoms. The maximum absolute atomic E-state index is 6.01. The molecule has 1 aliphatic heterocycles. The molecule has 0 saturated heterocycles. The highest BCUT2D eigenvalue weighted by Gasteiger charge is 2.23. The Morgan fingerprint density at radius 3 is 3.00 bits per heavy atom. The standard InChI is InChI=1S/C11H15NO/c1-7-3-4-10-9(5-7)6-13-8(2)11(10)12/h3-5,8,11H,6,12H2,1-2H3/t8-,11+/m0/s1. The molecule has 0 fully saturated rings. The Balaban J connectivity index is 2.44. The zero-order valence-electron chi connectivity index (χ0n) is 8.08. The largest absolute Gasteiger partial charge is 0.372 e. The van der Waals surface area contributed by atoms with Crippen LogP contribution in [-0.4, -0.2) is 6.10 Å². The van der Waals surface area contributed by atoms with Crippen molar-refractivity contribution in [1.29, 1.82) is 0 Å². The zero-order chi connectivity index (χ0) is 9.42. The molecule has 2 rings (SSSR count). The summed E-state index contributed by atoms with van der Waals surface area (Å²) in [6.45, 7) is 4.81. The quantitative estimate of drug-likeness (QED) is 0.657. The number of hydrogen-bond acceptors (Lipinski definition) is 2. The van der Waals surface area contributed by atoms with E-state index in [9.17, 15) is 0 Å². The average Bonchev–Trinajstić information content (AvgIpc) is 2.12. The third-order valence-corrected chi connectivity index (χ3v) is 2.67. The second-order valence-electron chi connectivity index (χ2n) is 3.74. The van der Waals surface area contributed by atoms with Crippen molar-refractivity contribution in [2.75, 3.05) is 0 Å². The Bertz CT molecular complexity index is 322. The van der Waals surface area contributed by atoms with Crippen LogP contribution in [0.4, 0.5) is 0 Å². The first-order valence-electron chi connectivity index (χ1n) is 4.65. The molecule has 0 amide bonds. The average molecular weight is 177 g/mol. The van der Waals surface area contributed by atoms with Gasteiger partial charge in [-0.05, 0) is 25.0 Å². The number of ether oxygens (including phenoxy) is 1. The fourth-order valence-corrected chi connectivity index (χ4v) is 1.76. The van der Waals surface area contributed by atoms with E-state index in [0.29, 0.717) is 6.61 Å². The molecule has 1 aromatic carbocycles. The molecule has 2 atom stereocenters. The summed E-state index contributed by atoms with van der Waals surface area (Å²) in [5, 5.41) is 0. The van der Waals surface area contributed by atoms with E-state index >= 15 is 0 Å². The van der Waals surface area contributed by atoms with Crippen molar-refractivity contribution in [3.05, 3.63) is 34.9 Å². The molecule has 2 nitrogen and oxygen atoms in total. The van der Waals surface area contributed by atoms with Crippen LogP contribution in [0.5, 0.6) is 0 Å². The van der Waals surface area contributed by atoms with Gasteiger partial charge in [0.2, 0.25) is 0 Å². The van der Waals surface area contributed by atoms with Gasteiger partial charge in [-0.1, -0.05) is 23.8 Å². The number of benzene rings is 1. The van der Waals surface area contributed by atoms with E-state index in [2.05, 4.69) is 25.1 Å². The van der Waals surface area contributed by atoms with E-state index in [1.807, 2.05) is 6.92 Å². The molecule has 70 valence electrons.